The van der Waals surface area contributed by atoms with Crippen LogP contribution >= 0.6 is 0 Å². The highest BCUT2D eigenvalue weighted by Crippen LogP contribution is 2.28. The molecule has 0 radical (unpaired) electrons. The maximum Gasteiger partial charge on any atom is 0.00915 e. The Morgan fingerprint density at radius 3 is 2.44 bits per heavy atom. The van der Waals surface area contributed by atoms with E-state index in [0.29, 0.717) is 0 Å². The van der Waals surface area contributed by atoms with E-state index in [4.69, 9.17) is 0 Å². The second-order valence-corrected chi connectivity index (χ2v) is 5.80. The van der Waals surface area contributed by atoms with Crippen molar-refractivity contribution in [3.63, 3.8) is 0 Å². The van der Waals surface area contributed by atoms with Crippen LogP contribution in [0.2, 0.25) is 0 Å². The fourth-order valence-corrected chi connectivity index (χ4v) is 2.80. The molecular formula is C14H28N2. The number of likely N-dealkylation sites (tertiary alicyclic amines) is 1. The van der Waals surface area contributed by atoms with Crippen LogP contribution in [0.3, 0.4) is 0 Å². The van der Waals surface area contributed by atoms with Gasteiger partial charge in [-0.2, -0.15) is 0 Å². The summed E-state index contributed by atoms with van der Waals surface area (Å²) in [4.78, 5) is 2.68. The Balaban J connectivity index is 1.61. The molecule has 1 unspecified atom stereocenters. The van der Waals surface area contributed by atoms with Crippen LogP contribution in [0.4, 0.5) is 0 Å². The van der Waals surface area contributed by atoms with E-state index in [0.717, 1.165) is 18.0 Å². The Morgan fingerprint density at radius 1 is 1.19 bits per heavy atom. The predicted octanol–water partition coefficient (Wildman–Crippen LogP) is 2.64. The molecule has 1 saturated heterocycles. The number of nitrogens with one attached hydrogen (secondary N) is 1. The van der Waals surface area contributed by atoms with Gasteiger partial charge in [0, 0.05) is 12.1 Å². The van der Waals surface area contributed by atoms with Crippen molar-refractivity contribution in [2.75, 3.05) is 19.6 Å². The molecule has 2 nitrogen and oxygen atoms in total. The minimum absolute atomic E-state index is 0.800. The van der Waals surface area contributed by atoms with E-state index in [-0.39, 0.29) is 0 Å². The lowest BCUT2D eigenvalue weighted by molar-refractivity contribution is 0.145. The van der Waals surface area contributed by atoms with Crippen LogP contribution in [0.5, 0.6) is 0 Å². The quantitative estimate of drug-likeness (QED) is 0.746. The third kappa shape index (κ3) is 3.74. The molecule has 94 valence electrons. The lowest BCUT2D eigenvalue weighted by Crippen LogP contribution is -2.46. The molecule has 0 aromatic rings. The highest BCUT2D eigenvalue weighted by molar-refractivity contribution is 4.83. The molecule has 0 amide bonds. The lowest BCUT2D eigenvalue weighted by Gasteiger charge is -2.36. The predicted molar refractivity (Wildman–Crippen MR) is 69.7 cm³/mol. The van der Waals surface area contributed by atoms with E-state index >= 15 is 0 Å². The van der Waals surface area contributed by atoms with Gasteiger partial charge in [0.25, 0.3) is 0 Å². The summed E-state index contributed by atoms with van der Waals surface area (Å²) in [6, 6.07) is 1.61. The van der Waals surface area contributed by atoms with Crippen molar-refractivity contribution in [3.8, 4) is 0 Å². The second kappa shape index (κ2) is 6.02. The Bertz CT molecular complexity index is 193. The molecular weight excluding hydrogens is 196 g/mol. The number of hydrogen-bond acceptors (Lipinski definition) is 2. The van der Waals surface area contributed by atoms with Gasteiger partial charge in [0.15, 0.2) is 0 Å². The molecule has 1 aliphatic carbocycles. The summed E-state index contributed by atoms with van der Waals surface area (Å²) in [5.41, 5.74) is 0. The Morgan fingerprint density at radius 2 is 1.88 bits per heavy atom. The third-order valence-electron chi connectivity index (χ3n) is 4.25. The van der Waals surface area contributed by atoms with Crippen LogP contribution in [0.1, 0.15) is 52.4 Å². The molecule has 1 N–H and O–H groups in total. The summed E-state index contributed by atoms with van der Waals surface area (Å²) >= 11 is 0. The minimum atomic E-state index is 0.800. The molecule has 2 rings (SSSR count). The first kappa shape index (κ1) is 12.4. The molecule has 16 heavy (non-hydrogen) atoms. The van der Waals surface area contributed by atoms with Crippen LogP contribution in [-0.4, -0.2) is 36.6 Å². The van der Waals surface area contributed by atoms with Gasteiger partial charge in [-0.25, -0.2) is 0 Å². The SMILES string of the molecule is CCCC(C)N1CCC(NCC2CC2)CC1. The zero-order chi connectivity index (χ0) is 11.4. The minimum Gasteiger partial charge on any atom is -0.314 e. The highest BCUT2D eigenvalue weighted by Gasteiger charge is 2.25. The zero-order valence-corrected chi connectivity index (χ0v) is 11.0. The average Bonchev–Trinajstić information content (AvgIpc) is 3.11. The number of rotatable bonds is 6. The van der Waals surface area contributed by atoms with Crippen molar-refractivity contribution in [1.29, 1.82) is 0 Å². The maximum atomic E-state index is 3.75. The third-order valence-corrected chi connectivity index (χ3v) is 4.25. The maximum absolute atomic E-state index is 3.75. The van der Waals surface area contributed by atoms with E-state index in [1.165, 1.54) is 58.2 Å². The van der Waals surface area contributed by atoms with E-state index in [1.807, 2.05) is 0 Å². The second-order valence-electron chi connectivity index (χ2n) is 5.80. The Labute approximate surface area is 101 Å². The molecule has 2 heteroatoms. The van der Waals surface area contributed by atoms with Crippen molar-refractivity contribution in [3.05, 3.63) is 0 Å². The first-order valence-corrected chi connectivity index (χ1v) is 7.27. The van der Waals surface area contributed by atoms with Gasteiger partial charge >= 0.3 is 0 Å². The Kier molecular flexibility index (Phi) is 4.66. The van der Waals surface area contributed by atoms with E-state index in [1.54, 1.807) is 0 Å². The van der Waals surface area contributed by atoms with Gasteiger partial charge in [-0.15, -0.1) is 0 Å². The molecule has 0 spiro atoms. The summed E-state index contributed by atoms with van der Waals surface area (Å²) in [7, 11) is 0. The van der Waals surface area contributed by atoms with Crippen molar-refractivity contribution in [2.45, 2.75) is 64.5 Å². The standard InChI is InChI=1S/C14H28N2/c1-3-4-12(2)16-9-7-14(8-10-16)15-11-13-5-6-13/h12-15H,3-11H2,1-2H3. The summed E-state index contributed by atoms with van der Waals surface area (Å²) < 4.78 is 0. The van der Waals surface area contributed by atoms with Crippen molar-refractivity contribution in [1.82, 2.24) is 10.2 Å². The average molecular weight is 224 g/mol. The molecule has 1 aliphatic heterocycles. The van der Waals surface area contributed by atoms with Gasteiger partial charge in [0.2, 0.25) is 0 Å². The first-order valence-electron chi connectivity index (χ1n) is 7.27. The van der Waals surface area contributed by atoms with Crippen molar-refractivity contribution < 1.29 is 0 Å². The molecule has 0 aromatic heterocycles. The fourth-order valence-electron chi connectivity index (χ4n) is 2.80. The van der Waals surface area contributed by atoms with E-state index in [9.17, 15) is 0 Å². The normalized spacial score (nSPS) is 25.9. The van der Waals surface area contributed by atoms with Crippen molar-refractivity contribution >= 4 is 0 Å². The van der Waals surface area contributed by atoms with Crippen molar-refractivity contribution in [2.24, 2.45) is 5.92 Å². The van der Waals surface area contributed by atoms with Gasteiger partial charge in [-0.05, 0) is 64.6 Å². The first-order chi connectivity index (χ1) is 7.79. The lowest BCUT2D eigenvalue weighted by atomic mass is 10.0. The smallest absolute Gasteiger partial charge is 0.00915 e. The van der Waals surface area contributed by atoms with E-state index < -0.39 is 0 Å². The monoisotopic (exact) mass is 224 g/mol. The zero-order valence-electron chi connectivity index (χ0n) is 11.0. The topological polar surface area (TPSA) is 15.3 Å². The van der Waals surface area contributed by atoms with Crippen LogP contribution in [-0.2, 0) is 0 Å². The van der Waals surface area contributed by atoms with E-state index in [2.05, 4.69) is 24.1 Å². The molecule has 2 aliphatic rings. The van der Waals surface area contributed by atoms with Gasteiger partial charge in [-0.3, -0.25) is 0 Å². The molecule has 0 aromatic carbocycles. The molecule has 1 heterocycles. The number of hydrogen-bond donors (Lipinski definition) is 1. The highest BCUT2D eigenvalue weighted by atomic mass is 15.2. The van der Waals surface area contributed by atoms with Crippen LogP contribution in [0.15, 0.2) is 0 Å². The fraction of sp³-hybridized carbons (Fsp3) is 1.00. The number of piperidine rings is 1. The van der Waals surface area contributed by atoms with Gasteiger partial charge in [0.05, 0.1) is 0 Å². The number of nitrogens with zero attached hydrogens (tertiary/aromatic N) is 1. The molecule has 0 bridgehead atoms. The molecule has 1 atom stereocenters. The summed E-state index contributed by atoms with van der Waals surface area (Å²) in [5.74, 6) is 1.03. The van der Waals surface area contributed by atoms with Crippen LogP contribution in [0, 0.1) is 5.92 Å². The molecule has 1 saturated carbocycles. The van der Waals surface area contributed by atoms with Gasteiger partial charge in [0.1, 0.15) is 0 Å². The van der Waals surface area contributed by atoms with Gasteiger partial charge < -0.3 is 10.2 Å². The summed E-state index contributed by atoms with van der Waals surface area (Å²) in [6.07, 6.45) is 8.35. The molecule has 2 fully saturated rings. The van der Waals surface area contributed by atoms with Crippen LogP contribution in [0.25, 0.3) is 0 Å². The largest absolute Gasteiger partial charge is 0.314 e. The summed E-state index contributed by atoms with van der Waals surface area (Å²) in [5, 5.41) is 3.75. The van der Waals surface area contributed by atoms with Gasteiger partial charge in [-0.1, -0.05) is 13.3 Å². The Hall–Kier alpha value is -0.0800. The summed E-state index contributed by atoms with van der Waals surface area (Å²) in [6.45, 7) is 8.59. The van der Waals surface area contributed by atoms with Crippen LogP contribution < -0.4 is 5.32 Å².